The Balaban J connectivity index is 0.00000120. The molecule has 118 valence electrons. The van der Waals surface area contributed by atoms with Crippen molar-refractivity contribution in [3.63, 3.8) is 0 Å². The Hall–Kier alpha value is -0.995. The minimum absolute atomic E-state index is 0. The molecule has 2 aliphatic carbocycles. The molecule has 1 heterocycles. The van der Waals surface area contributed by atoms with Gasteiger partial charge in [0.25, 0.3) is 0 Å². The lowest BCUT2D eigenvalue weighted by molar-refractivity contribution is -0.165. The smallest absolute Gasteiger partial charge is 0.309 e. The average molecular weight is 285 g/mol. The molecule has 2 bridgehead atoms. The van der Waals surface area contributed by atoms with E-state index in [9.17, 15) is 9.59 Å². The van der Waals surface area contributed by atoms with Gasteiger partial charge in [-0.1, -0.05) is 37.1 Å². The van der Waals surface area contributed by atoms with Gasteiger partial charge < -0.3 is 9.47 Å². The highest BCUT2D eigenvalue weighted by Crippen LogP contribution is 2.55. The van der Waals surface area contributed by atoms with Crippen molar-refractivity contribution in [2.24, 2.45) is 23.7 Å². The maximum absolute atomic E-state index is 11.8. The third-order valence-electron chi connectivity index (χ3n) is 4.68. The second kappa shape index (κ2) is 6.64. The number of ether oxygens (including phenoxy) is 2. The maximum Gasteiger partial charge on any atom is 0.309 e. The summed E-state index contributed by atoms with van der Waals surface area (Å²) >= 11 is 0. The SMILES string of the molecule is C.C.CCC(C)C(=O)OC1C2CC3C(=O)OC1C3C2.[BH4-]. The van der Waals surface area contributed by atoms with Crippen molar-refractivity contribution in [3.8, 4) is 0 Å². The van der Waals surface area contributed by atoms with Crippen LogP contribution in [0, 0.1) is 23.7 Å². The van der Waals surface area contributed by atoms with Crippen LogP contribution in [0.5, 0.6) is 0 Å². The van der Waals surface area contributed by atoms with E-state index in [0.717, 1.165) is 19.3 Å². The van der Waals surface area contributed by atoms with Gasteiger partial charge in [0.1, 0.15) is 12.2 Å². The van der Waals surface area contributed by atoms with Gasteiger partial charge in [-0.05, 0) is 19.3 Å². The molecule has 0 aromatic heterocycles. The number of carbonyl (C=O) groups is 2. The third kappa shape index (κ3) is 2.59. The van der Waals surface area contributed by atoms with Gasteiger partial charge in [0.15, 0.2) is 0 Å². The fraction of sp³-hybridized carbons (Fsp3) is 0.867. The van der Waals surface area contributed by atoms with Gasteiger partial charge in [-0.25, -0.2) is 0 Å². The van der Waals surface area contributed by atoms with Crippen molar-refractivity contribution >= 4 is 20.4 Å². The molecule has 0 aromatic carbocycles. The van der Waals surface area contributed by atoms with Crippen LogP contribution in [0.3, 0.4) is 0 Å². The van der Waals surface area contributed by atoms with Gasteiger partial charge in [0.2, 0.25) is 0 Å². The van der Waals surface area contributed by atoms with Gasteiger partial charge in [-0.2, -0.15) is 0 Å². The van der Waals surface area contributed by atoms with Crippen molar-refractivity contribution in [2.75, 3.05) is 0 Å². The van der Waals surface area contributed by atoms with Crippen molar-refractivity contribution in [2.45, 2.75) is 60.2 Å². The monoisotopic (exact) mass is 285 g/mol. The number of hydrogen-bond acceptors (Lipinski definition) is 4. The molecule has 6 unspecified atom stereocenters. The van der Waals surface area contributed by atoms with Crippen LogP contribution in [0.4, 0.5) is 0 Å². The fourth-order valence-electron chi connectivity index (χ4n) is 3.48. The number of fused-ring (bicyclic) bond motifs is 1. The molecule has 0 radical (unpaired) electrons. The van der Waals surface area contributed by atoms with Crippen LogP contribution in [0.15, 0.2) is 0 Å². The van der Waals surface area contributed by atoms with E-state index >= 15 is 0 Å². The zero-order chi connectivity index (χ0) is 12.2. The standard InChI is InChI=1S/C13H18O4.2CH4.BH4/c1-3-6(2)12(14)16-10-7-4-8-9(5-7)13(15)17-11(8)10;;;/h6-11H,3-5H2,1-2H3;3*1H4/q;;;-1. The molecule has 1 aliphatic heterocycles. The topological polar surface area (TPSA) is 52.6 Å². The zero-order valence-electron chi connectivity index (χ0n) is 10.2. The minimum Gasteiger partial charge on any atom is -0.458 e. The molecule has 0 amide bonds. The summed E-state index contributed by atoms with van der Waals surface area (Å²) in [5, 5.41) is 0. The van der Waals surface area contributed by atoms with Crippen LogP contribution in [0.2, 0.25) is 0 Å². The van der Waals surface area contributed by atoms with Crippen molar-refractivity contribution in [1.29, 1.82) is 0 Å². The Bertz CT molecular complexity index is 371. The first kappa shape index (κ1) is 19.0. The zero-order valence-corrected chi connectivity index (χ0v) is 10.2. The van der Waals surface area contributed by atoms with Crippen molar-refractivity contribution < 1.29 is 19.1 Å². The predicted octanol–water partition coefficient (Wildman–Crippen LogP) is 1.35. The summed E-state index contributed by atoms with van der Waals surface area (Å²) in [6.07, 6.45) is 2.29. The molecule has 4 nitrogen and oxygen atoms in total. The third-order valence-corrected chi connectivity index (χ3v) is 4.68. The van der Waals surface area contributed by atoms with E-state index in [2.05, 4.69) is 0 Å². The lowest BCUT2D eigenvalue weighted by atomic mass is 9.88. The maximum atomic E-state index is 11.8. The summed E-state index contributed by atoms with van der Waals surface area (Å²) in [7, 11) is 0. The van der Waals surface area contributed by atoms with Gasteiger partial charge >= 0.3 is 11.9 Å². The molecule has 0 aromatic rings. The molecule has 2 saturated carbocycles. The van der Waals surface area contributed by atoms with E-state index in [1.54, 1.807) is 0 Å². The highest BCUT2D eigenvalue weighted by molar-refractivity contribution is 5.77. The minimum atomic E-state index is -0.177. The lowest BCUT2D eigenvalue weighted by Crippen LogP contribution is -2.37. The highest BCUT2D eigenvalue weighted by atomic mass is 16.6. The van der Waals surface area contributed by atoms with Gasteiger partial charge in [0.05, 0.1) is 11.8 Å². The van der Waals surface area contributed by atoms with Gasteiger partial charge in [-0.3, -0.25) is 9.59 Å². The van der Waals surface area contributed by atoms with Crippen molar-refractivity contribution in [3.05, 3.63) is 0 Å². The Morgan fingerprint density at radius 2 is 2.05 bits per heavy atom. The molecular weight excluding hydrogens is 255 g/mol. The second-order valence-corrected chi connectivity index (χ2v) is 5.61. The summed E-state index contributed by atoms with van der Waals surface area (Å²) < 4.78 is 10.9. The summed E-state index contributed by atoms with van der Waals surface area (Å²) in [4.78, 5) is 23.4. The van der Waals surface area contributed by atoms with Crippen molar-refractivity contribution in [1.82, 2.24) is 0 Å². The summed E-state index contributed by atoms with van der Waals surface area (Å²) in [5.74, 6) is 0.441. The summed E-state index contributed by atoms with van der Waals surface area (Å²) in [6.45, 7) is 3.84. The van der Waals surface area contributed by atoms with Gasteiger partial charge in [-0.15, -0.1) is 0 Å². The number of rotatable bonds is 3. The van der Waals surface area contributed by atoms with E-state index in [1.165, 1.54) is 0 Å². The predicted molar refractivity (Wildman–Crippen MR) is 83.7 cm³/mol. The van der Waals surface area contributed by atoms with Crippen LogP contribution >= 0.6 is 0 Å². The average Bonchev–Trinajstić information content (AvgIpc) is 2.92. The van der Waals surface area contributed by atoms with E-state index in [1.807, 2.05) is 13.8 Å². The molecule has 3 rings (SSSR count). The molecule has 0 N–H and O–H groups in total. The molecule has 3 aliphatic rings. The second-order valence-electron chi connectivity index (χ2n) is 5.61. The lowest BCUT2D eigenvalue weighted by Gasteiger charge is -2.26. The molecule has 6 atom stereocenters. The number of esters is 2. The molecular formula is C15H30BO4-. The normalized spacial score (nSPS) is 37.1. The Morgan fingerprint density at radius 3 is 2.65 bits per heavy atom. The Kier molecular flexibility index (Phi) is 6.31. The van der Waals surface area contributed by atoms with Crippen LogP contribution < -0.4 is 0 Å². The molecule has 20 heavy (non-hydrogen) atoms. The van der Waals surface area contributed by atoms with Crippen LogP contribution in [0.25, 0.3) is 0 Å². The molecule has 1 saturated heterocycles. The fourth-order valence-corrected chi connectivity index (χ4v) is 3.48. The number of hydrogen-bond donors (Lipinski definition) is 0. The molecule has 0 spiro atoms. The quantitative estimate of drug-likeness (QED) is 0.580. The summed E-state index contributed by atoms with van der Waals surface area (Å²) in [6, 6.07) is 0. The highest BCUT2D eigenvalue weighted by Gasteiger charge is 2.63. The van der Waals surface area contributed by atoms with Crippen LogP contribution in [0.1, 0.15) is 48.0 Å². The molecule has 3 fully saturated rings. The van der Waals surface area contributed by atoms with E-state index in [-0.39, 0.29) is 59.2 Å². The largest absolute Gasteiger partial charge is 0.458 e. The van der Waals surface area contributed by atoms with Crippen LogP contribution in [-0.2, 0) is 19.1 Å². The van der Waals surface area contributed by atoms with E-state index in [4.69, 9.17) is 9.47 Å². The Labute approximate surface area is 124 Å². The first-order valence-electron chi connectivity index (χ1n) is 6.52. The number of carbonyl (C=O) groups excluding carboxylic acids is 2. The first-order chi connectivity index (χ1) is 8.11. The Morgan fingerprint density at radius 1 is 1.40 bits per heavy atom. The summed E-state index contributed by atoms with van der Waals surface area (Å²) in [5.41, 5.74) is 0. The van der Waals surface area contributed by atoms with Crippen LogP contribution in [-0.4, -0.2) is 32.6 Å². The first-order valence-corrected chi connectivity index (χ1v) is 6.52. The van der Waals surface area contributed by atoms with E-state index < -0.39 is 0 Å². The molecule has 5 heteroatoms. The van der Waals surface area contributed by atoms with Gasteiger partial charge in [0, 0.05) is 11.8 Å². The van der Waals surface area contributed by atoms with E-state index in [0.29, 0.717) is 11.8 Å².